The highest BCUT2D eigenvalue weighted by atomic mass is 35.5. The van der Waals surface area contributed by atoms with Crippen LogP contribution in [0.1, 0.15) is 0 Å². The first kappa shape index (κ1) is 14.3. The average Bonchev–Trinajstić information content (AvgIpc) is 2.28. The number of rotatable bonds is 2. The molecule has 0 aliphatic heterocycles. The molecule has 0 amide bonds. The fourth-order valence-electron chi connectivity index (χ4n) is 1.00. The lowest BCUT2D eigenvalue weighted by molar-refractivity contribution is 0.624. The van der Waals surface area contributed by atoms with Gasteiger partial charge in [0, 0.05) is 28.2 Å². The third kappa shape index (κ3) is 3.15. The fraction of sp³-hybridized carbons (Fsp3) is 0.444. The van der Waals surface area contributed by atoms with Crippen molar-refractivity contribution >= 4 is 40.8 Å². The van der Waals surface area contributed by atoms with Gasteiger partial charge in [-0.1, -0.05) is 0 Å². The molecular weight excluding hydrogens is 274 g/mol. The van der Waals surface area contributed by atoms with Gasteiger partial charge in [-0.25, -0.2) is 0 Å². The number of nitrogens with zero attached hydrogens (tertiary/aromatic N) is 7. The number of anilines is 2. The largest absolute Gasteiger partial charge is 0.354 e. The van der Waals surface area contributed by atoms with Gasteiger partial charge in [-0.05, 0) is 23.8 Å². The molecule has 0 unspecified atom stereocenters. The summed E-state index contributed by atoms with van der Waals surface area (Å²) in [6.45, 7) is 0. The van der Waals surface area contributed by atoms with E-state index in [0.717, 1.165) is 4.90 Å². The van der Waals surface area contributed by atoms with E-state index in [1.165, 1.54) is 0 Å². The van der Waals surface area contributed by atoms with E-state index in [1.807, 2.05) is 6.19 Å². The number of halogens is 1. The van der Waals surface area contributed by atoms with Gasteiger partial charge in [-0.2, -0.15) is 25.1 Å². The number of hydrogen-bond acceptors (Lipinski definition) is 6. The summed E-state index contributed by atoms with van der Waals surface area (Å²) >= 11 is 10.9. The molecule has 0 spiro atoms. The Morgan fingerprint density at radius 1 is 1.17 bits per heavy atom. The van der Waals surface area contributed by atoms with Crippen LogP contribution in [0.15, 0.2) is 0 Å². The van der Waals surface area contributed by atoms with Gasteiger partial charge in [0.2, 0.25) is 11.2 Å². The third-order valence-electron chi connectivity index (χ3n) is 1.86. The highest BCUT2D eigenvalue weighted by Gasteiger charge is 2.19. The molecule has 1 aromatic rings. The van der Waals surface area contributed by atoms with Gasteiger partial charge < -0.3 is 9.80 Å². The zero-order chi connectivity index (χ0) is 13.9. The van der Waals surface area contributed by atoms with Crippen LogP contribution in [0.5, 0.6) is 0 Å². The van der Waals surface area contributed by atoms with Crippen LogP contribution in [0.2, 0.25) is 5.28 Å². The molecule has 96 valence electrons. The van der Waals surface area contributed by atoms with Gasteiger partial charge in [0.05, 0.1) is 0 Å². The molecule has 0 fully saturated rings. The molecule has 0 atom stereocenters. The average molecular weight is 286 g/mol. The number of nitriles is 1. The van der Waals surface area contributed by atoms with Gasteiger partial charge in [0.1, 0.15) is 0 Å². The summed E-state index contributed by atoms with van der Waals surface area (Å²) in [5.41, 5.74) is 0. The van der Waals surface area contributed by atoms with E-state index in [2.05, 4.69) is 15.0 Å². The van der Waals surface area contributed by atoms with Gasteiger partial charge in [0.25, 0.3) is 5.95 Å². The van der Waals surface area contributed by atoms with Crippen molar-refractivity contribution < 1.29 is 0 Å². The van der Waals surface area contributed by atoms with E-state index in [1.54, 1.807) is 38.0 Å². The summed E-state index contributed by atoms with van der Waals surface area (Å²) in [7, 11) is 6.97. The predicted octanol–water partition coefficient (Wildman–Crippen LogP) is 0.725. The molecule has 1 heterocycles. The van der Waals surface area contributed by atoms with Crippen LogP contribution in [-0.4, -0.2) is 53.2 Å². The molecule has 0 aromatic carbocycles. The van der Waals surface area contributed by atoms with Crippen molar-refractivity contribution in [2.45, 2.75) is 0 Å². The Bertz CT molecular complexity index is 496. The maximum Gasteiger partial charge on any atom is 0.251 e. The van der Waals surface area contributed by atoms with Crippen molar-refractivity contribution in [3.05, 3.63) is 5.28 Å². The first-order valence-corrected chi connectivity index (χ1v) is 5.65. The second kappa shape index (κ2) is 5.75. The minimum atomic E-state index is 0.00510. The molecule has 18 heavy (non-hydrogen) atoms. The smallest absolute Gasteiger partial charge is 0.251 e. The van der Waals surface area contributed by atoms with E-state index in [-0.39, 0.29) is 16.3 Å². The quantitative estimate of drug-likeness (QED) is 0.447. The minimum Gasteiger partial charge on any atom is -0.354 e. The monoisotopic (exact) mass is 285 g/mol. The Labute approximate surface area is 116 Å². The number of hydrogen-bond donors (Lipinski definition) is 0. The molecule has 0 aliphatic rings. The van der Waals surface area contributed by atoms with Gasteiger partial charge in [-0.3, -0.25) is 0 Å². The molecule has 0 aliphatic carbocycles. The van der Waals surface area contributed by atoms with Crippen molar-refractivity contribution in [1.82, 2.24) is 19.9 Å². The van der Waals surface area contributed by atoms with Crippen molar-refractivity contribution in [2.75, 3.05) is 38.0 Å². The fourth-order valence-corrected chi connectivity index (χ4v) is 1.28. The van der Waals surface area contributed by atoms with Crippen molar-refractivity contribution in [1.29, 1.82) is 5.26 Å². The second-order valence-corrected chi connectivity index (χ2v) is 4.41. The van der Waals surface area contributed by atoms with E-state index < -0.39 is 0 Å². The molecular formula is C9H12ClN7S. The molecule has 1 aromatic heterocycles. The van der Waals surface area contributed by atoms with E-state index in [4.69, 9.17) is 29.1 Å². The van der Waals surface area contributed by atoms with Crippen molar-refractivity contribution in [2.24, 2.45) is 0 Å². The van der Waals surface area contributed by atoms with Crippen LogP contribution in [0.4, 0.5) is 11.9 Å². The highest BCUT2D eigenvalue weighted by Crippen LogP contribution is 2.15. The topological polar surface area (TPSA) is 72.2 Å². The lowest BCUT2D eigenvalue weighted by atomic mass is 10.7. The van der Waals surface area contributed by atoms with Gasteiger partial charge in [0.15, 0.2) is 11.3 Å². The summed E-state index contributed by atoms with van der Waals surface area (Å²) in [6, 6.07) is 0. The molecule has 1 rings (SSSR count). The summed E-state index contributed by atoms with van der Waals surface area (Å²) in [5, 5.41) is 9.40. The lowest BCUT2D eigenvalue weighted by Gasteiger charge is -2.21. The summed E-state index contributed by atoms with van der Waals surface area (Å²) < 4.78 is 0. The number of aromatic nitrogens is 3. The Balaban J connectivity index is 3.23. The van der Waals surface area contributed by atoms with E-state index >= 15 is 0 Å². The second-order valence-electron chi connectivity index (χ2n) is 3.71. The molecule has 9 heteroatoms. The SMILES string of the molecule is CN(C)C(=S)N(C#N)c1nc(Cl)nc(N(C)C)n1. The highest BCUT2D eigenvalue weighted by molar-refractivity contribution is 7.80. The lowest BCUT2D eigenvalue weighted by Crippen LogP contribution is -2.37. The van der Waals surface area contributed by atoms with Crippen LogP contribution >= 0.6 is 23.8 Å². The van der Waals surface area contributed by atoms with E-state index in [0.29, 0.717) is 5.95 Å². The van der Waals surface area contributed by atoms with Crippen LogP contribution in [-0.2, 0) is 0 Å². The Hall–Kier alpha value is -1.72. The Kier molecular flexibility index (Phi) is 4.58. The first-order valence-electron chi connectivity index (χ1n) is 4.87. The van der Waals surface area contributed by atoms with Gasteiger partial charge >= 0.3 is 0 Å². The molecule has 7 nitrogen and oxygen atoms in total. The van der Waals surface area contributed by atoms with E-state index in [9.17, 15) is 0 Å². The van der Waals surface area contributed by atoms with Crippen LogP contribution in [0, 0.1) is 11.5 Å². The zero-order valence-electron chi connectivity index (χ0n) is 10.4. The Morgan fingerprint density at radius 2 is 1.72 bits per heavy atom. The molecule has 0 saturated carbocycles. The zero-order valence-corrected chi connectivity index (χ0v) is 12.0. The van der Waals surface area contributed by atoms with Crippen LogP contribution in [0.3, 0.4) is 0 Å². The summed E-state index contributed by atoms with van der Waals surface area (Å²) in [6.07, 6.45) is 1.91. The van der Waals surface area contributed by atoms with Crippen LogP contribution < -0.4 is 9.80 Å². The Morgan fingerprint density at radius 3 is 2.17 bits per heavy atom. The molecule has 0 bridgehead atoms. The third-order valence-corrected chi connectivity index (χ3v) is 2.58. The normalized spacial score (nSPS) is 9.56. The molecule has 0 radical (unpaired) electrons. The minimum absolute atomic E-state index is 0.00510. The van der Waals surface area contributed by atoms with Crippen molar-refractivity contribution in [3.63, 3.8) is 0 Å². The first-order chi connectivity index (χ1) is 8.36. The maximum absolute atomic E-state index is 9.12. The predicted molar refractivity (Wildman–Crippen MR) is 73.5 cm³/mol. The molecule has 0 saturated heterocycles. The van der Waals surface area contributed by atoms with Gasteiger partial charge in [-0.15, -0.1) is 0 Å². The summed E-state index contributed by atoms with van der Waals surface area (Å²) in [5.74, 6) is 0.451. The number of thiocarbonyl (C=S) groups is 1. The molecule has 0 N–H and O–H groups in total. The van der Waals surface area contributed by atoms with Crippen molar-refractivity contribution in [3.8, 4) is 6.19 Å². The van der Waals surface area contributed by atoms with Crippen LogP contribution in [0.25, 0.3) is 0 Å². The standard InChI is InChI=1S/C9H12ClN7S/c1-15(2)7-12-6(10)13-8(14-7)17(5-11)9(18)16(3)4/h1-4H3. The maximum atomic E-state index is 9.12. The summed E-state index contributed by atoms with van der Waals surface area (Å²) in [4.78, 5) is 16.3.